The maximum absolute atomic E-state index is 12.3. The monoisotopic (exact) mass is 381 g/mol. The van der Waals surface area contributed by atoms with Crippen LogP contribution in [0.4, 0.5) is 0 Å². The Hall–Kier alpha value is -2.48. The second-order valence-electron chi connectivity index (χ2n) is 6.39. The van der Waals surface area contributed by atoms with Crippen LogP contribution in [0.2, 0.25) is 0 Å². The molecule has 0 saturated carbocycles. The third-order valence-corrected chi connectivity index (χ3v) is 4.61. The lowest BCUT2D eigenvalue weighted by molar-refractivity contribution is -0.145. The van der Waals surface area contributed by atoms with E-state index in [9.17, 15) is 14.7 Å². The Balaban J connectivity index is 2.00. The van der Waals surface area contributed by atoms with Gasteiger partial charge in [-0.2, -0.15) is 0 Å². The average Bonchev–Trinajstić information content (AvgIpc) is 2.69. The van der Waals surface area contributed by atoms with Crippen molar-refractivity contribution in [1.82, 2.24) is 5.32 Å². The minimum atomic E-state index is -1.04. The van der Waals surface area contributed by atoms with Crippen LogP contribution in [-0.4, -0.2) is 57.6 Å². The Kier molecular flexibility index (Phi) is 7.72. The van der Waals surface area contributed by atoms with Gasteiger partial charge in [0.1, 0.15) is 6.04 Å². The predicted molar refractivity (Wildman–Crippen MR) is 97.5 cm³/mol. The van der Waals surface area contributed by atoms with Crippen molar-refractivity contribution >= 4 is 11.9 Å². The standard InChI is InChI=1S/C19H27NO7/c1-24-14-9-12(10-15(25-2)18(14)26-3)6-7-16(21)20-17(19(22)23)13-5-4-8-27-11-13/h9-10,13,17H,4-8,11H2,1-3H3,(H,20,21)(H,22,23). The molecule has 1 fully saturated rings. The van der Waals surface area contributed by atoms with Gasteiger partial charge in [0.05, 0.1) is 27.9 Å². The van der Waals surface area contributed by atoms with E-state index in [1.807, 2.05) is 0 Å². The first-order chi connectivity index (χ1) is 13.0. The van der Waals surface area contributed by atoms with Gasteiger partial charge in [-0.3, -0.25) is 4.79 Å². The first kappa shape index (κ1) is 20.8. The number of aliphatic carboxylic acids is 1. The molecule has 1 aromatic rings. The summed E-state index contributed by atoms with van der Waals surface area (Å²) in [4.78, 5) is 23.8. The van der Waals surface area contributed by atoms with Gasteiger partial charge in [0.15, 0.2) is 11.5 Å². The fourth-order valence-electron chi connectivity index (χ4n) is 3.19. The number of nitrogens with one attached hydrogen (secondary N) is 1. The highest BCUT2D eigenvalue weighted by molar-refractivity contribution is 5.84. The first-order valence-electron chi connectivity index (χ1n) is 8.89. The third kappa shape index (κ3) is 5.50. The molecule has 2 rings (SSSR count). The molecule has 8 heteroatoms. The van der Waals surface area contributed by atoms with Crippen molar-refractivity contribution < 1.29 is 33.6 Å². The number of hydrogen-bond donors (Lipinski definition) is 2. The minimum Gasteiger partial charge on any atom is -0.493 e. The Labute approximate surface area is 158 Å². The molecule has 0 radical (unpaired) electrons. The summed E-state index contributed by atoms with van der Waals surface area (Å²) in [7, 11) is 4.57. The normalized spacial score (nSPS) is 17.7. The summed E-state index contributed by atoms with van der Waals surface area (Å²) in [5.41, 5.74) is 0.826. The maximum atomic E-state index is 12.3. The van der Waals surface area contributed by atoms with Crippen LogP contribution < -0.4 is 19.5 Å². The molecule has 150 valence electrons. The van der Waals surface area contributed by atoms with E-state index in [0.717, 1.165) is 18.4 Å². The van der Waals surface area contributed by atoms with E-state index >= 15 is 0 Å². The highest BCUT2D eigenvalue weighted by Crippen LogP contribution is 2.38. The molecule has 1 aliphatic rings. The Bertz CT molecular complexity index is 630. The number of aryl methyl sites for hydroxylation is 1. The number of carboxylic acid groups (broad SMARTS) is 1. The van der Waals surface area contributed by atoms with Gasteiger partial charge in [-0.05, 0) is 37.0 Å². The molecule has 1 aromatic carbocycles. The summed E-state index contributed by atoms with van der Waals surface area (Å²) in [5, 5.41) is 12.1. The highest BCUT2D eigenvalue weighted by atomic mass is 16.5. The van der Waals surface area contributed by atoms with E-state index in [0.29, 0.717) is 36.9 Å². The number of hydrogen-bond acceptors (Lipinski definition) is 6. The van der Waals surface area contributed by atoms with Gasteiger partial charge in [0.2, 0.25) is 11.7 Å². The van der Waals surface area contributed by atoms with Crippen LogP contribution in [0.5, 0.6) is 17.2 Å². The first-order valence-corrected chi connectivity index (χ1v) is 8.89. The predicted octanol–water partition coefficient (Wildman–Crippen LogP) is 1.64. The molecule has 1 aliphatic heterocycles. The molecule has 2 N–H and O–H groups in total. The van der Waals surface area contributed by atoms with Crippen molar-refractivity contribution in [3.8, 4) is 17.2 Å². The smallest absolute Gasteiger partial charge is 0.326 e. The van der Waals surface area contributed by atoms with Gasteiger partial charge in [-0.25, -0.2) is 4.79 Å². The Morgan fingerprint density at radius 3 is 2.37 bits per heavy atom. The SMILES string of the molecule is COc1cc(CCC(=O)NC(C(=O)O)C2CCCOC2)cc(OC)c1OC. The summed E-state index contributed by atoms with van der Waals surface area (Å²) < 4.78 is 21.2. The summed E-state index contributed by atoms with van der Waals surface area (Å²) in [5.74, 6) is -0.0590. The van der Waals surface area contributed by atoms with E-state index < -0.39 is 12.0 Å². The second-order valence-corrected chi connectivity index (χ2v) is 6.39. The van der Waals surface area contributed by atoms with Crippen molar-refractivity contribution in [1.29, 1.82) is 0 Å². The molecule has 1 amide bonds. The number of rotatable bonds is 9. The molecular formula is C19H27NO7. The zero-order valence-corrected chi connectivity index (χ0v) is 15.9. The number of methoxy groups -OCH3 is 3. The molecule has 8 nitrogen and oxygen atoms in total. The Morgan fingerprint density at radius 2 is 1.89 bits per heavy atom. The second kappa shape index (κ2) is 10.0. The van der Waals surface area contributed by atoms with Crippen molar-refractivity contribution in [2.24, 2.45) is 5.92 Å². The van der Waals surface area contributed by atoms with E-state index in [1.165, 1.54) is 21.3 Å². The molecule has 2 unspecified atom stereocenters. The number of amides is 1. The van der Waals surface area contributed by atoms with E-state index in [-0.39, 0.29) is 18.2 Å². The molecule has 0 spiro atoms. The minimum absolute atomic E-state index is 0.149. The van der Waals surface area contributed by atoms with Crippen LogP contribution in [0.25, 0.3) is 0 Å². The van der Waals surface area contributed by atoms with E-state index in [1.54, 1.807) is 12.1 Å². The zero-order valence-electron chi connectivity index (χ0n) is 15.9. The summed E-state index contributed by atoms with van der Waals surface area (Å²) in [6.07, 6.45) is 2.09. The molecule has 0 bridgehead atoms. The number of benzene rings is 1. The summed E-state index contributed by atoms with van der Waals surface area (Å²) >= 11 is 0. The lowest BCUT2D eigenvalue weighted by Crippen LogP contribution is -2.48. The number of carbonyl (C=O) groups is 2. The maximum Gasteiger partial charge on any atom is 0.326 e. The lowest BCUT2D eigenvalue weighted by Gasteiger charge is -2.28. The van der Waals surface area contributed by atoms with Crippen molar-refractivity contribution in [2.75, 3.05) is 34.5 Å². The van der Waals surface area contributed by atoms with Gasteiger partial charge in [0, 0.05) is 18.9 Å². The summed E-state index contributed by atoms with van der Waals surface area (Å²) in [6, 6.07) is 2.62. The zero-order chi connectivity index (χ0) is 19.8. The molecule has 2 atom stereocenters. The molecule has 27 heavy (non-hydrogen) atoms. The molecular weight excluding hydrogens is 354 g/mol. The van der Waals surface area contributed by atoms with Crippen LogP contribution in [0.15, 0.2) is 12.1 Å². The van der Waals surface area contributed by atoms with Crippen molar-refractivity contribution in [3.05, 3.63) is 17.7 Å². The third-order valence-electron chi connectivity index (χ3n) is 4.61. The van der Waals surface area contributed by atoms with E-state index in [4.69, 9.17) is 18.9 Å². The number of carboxylic acids is 1. The van der Waals surface area contributed by atoms with Gasteiger partial charge in [-0.1, -0.05) is 0 Å². The largest absolute Gasteiger partial charge is 0.493 e. The number of carbonyl (C=O) groups excluding carboxylic acids is 1. The lowest BCUT2D eigenvalue weighted by atomic mass is 9.93. The van der Waals surface area contributed by atoms with Crippen LogP contribution >= 0.6 is 0 Å². The summed E-state index contributed by atoms with van der Waals surface area (Å²) in [6.45, 7) is 0.988. The molecule has 0 aromatic heterocycles. The molecule has 1 saturated heterocycles. The average molecular weight is 381 g/mol. The van der Waals surface area contributed by atoms with Crippen LogP contribution in [0.3, 0.4) is 0 Å². The van der Waals surface area contributed by atoms with Crippen LogP contribution in [0.1, 0.15) is 24.8 Å². The van der Waals surface area contributed by atoms with Gasteiger partial charge in [-0.15, -0.1) is 0 Å². The van der Waals surface area contributed by atoms with Gasteiger partial charge in [0.25, 0.3) is 0 Å². The van der Waals surface area contributed by atoms with Crippen molar-refractivity contribution in [2.45, 2.75) is 31.7 Å². The fraction of sp³-hybridized carbons (Fsp3) is 0.579. The molecule has 0 aliphatic carbocycles. The van der Waals surface area contributed by atoms with Crippen molar-refractivity contribution in [3.63, 3.8) is 0 Å². The highest BCUT2D eigenvalue weighted by Gasteiger charge is 2.31. The molecule has 1 heterocycles. The Morgan fingerprint density at radius 1 is 1.22 bits per heavy atom. The van der Waals surface area contributed by atoms with Crippen LogP contribution in [-0.2, 0) is 20.7 Å². The van der Waals surface area contributed by atoms with Crippen LogP contribution in [0, 0.1) is 5.92 Å². The fourth-order valence-corrected chi connectivity index (χ4v) is 3.19. The van der Waals surface area contributed by atoms with E-state index in [2.05, 4.69) is 5.32 Å². The number of ether oxygens (including phenoxy) is 4. The quantitative estimate of drug-likeness (QED) is 0.670. The van der Waals surface area contributed by atoms with Gasteiger partial charge < -0.3 is 29.4 Å². The van der Waals surface area contributed by atoms with Gasteiger partial charge >= 0.3 is 5.97 Å². The topological polar surface area (TPSA) is 103 Å².